The molecule has 1 aromatic carbocycles. The molecule has 2 aromatic rings. The third kappa shape index (κ3) is 4.17. The number of thiophene rings is 1. The Labute approximate surface area is 142 Å². The number of nitrogens with one attached hydrogen (secondary N) is 2. The van der Waals surface area contributed by atoms with Crippen molar-refractivity contribution in [2.24, 2.45) is 0 Å². The largest absolute Gasteiger partial charge is 0.323 e. The highest BCUT2D eigenvalue weighted by atomic mass is 79.9. The standard InChI is InChI=1S/C16H16BrN3OS/c1-11(20(2)10-13-7-8-15(17)22-13)16(21)19-14-6-4-3-5-12(14)9-18/h3-8,11H,10H2,1-2H3,(H,19,21)/p+1/t11-/m1/s1. The number of likely N-dealkylation sites (N-methyl/N-ethyl adjacent to an activating group) is 1. The van der Waals surface area contributed by atoms with Crippen molar-refractivity contribution >= 4 is 38.9 Å². The number of hydrogen-bond acceptors (Lipinski definition) is 3. The van der Waals surface area contributed by atoms with Gasteiger partial charge in [0.15, 0.2) is 6.04 Å². The molecule has 0 saturated carbocycles. The average molecular weight is 379 g/mol. The van der Waals surface area contributed by atoms with Gasteiger partial charge in [-0.05, 0) is 47.1 Å². The van der Waals surface area contributed by atoms with Crippen LogP contribution in [0.4, 0.5) is 5.69 Å². The number of hydrogen-bond donors (Lipinski definition) is 2. The number of benzene rings is 1. The van der Waals surface area contributed by atoms with Crippen molar-refractivity contribution in [3.8, 4) is 6.07 Å². The number of rotatable bonds is 5. The monoisotopic (exact) mass is 378 g/mol. The molecule has 6 heteroatoms. The quantitative estimate of drug-likeness (QED) is 0.839. The Kier molecular flexibility index (Phi) is 5.72. The Hall–Kier alpha value is -1.68. The third-order valence-corrected chi connectivity index (χ3v) is 5.14. The van der Waals surface area contributed by atoms with E-state index in [-0.39, 0.29) is 11.9 Å². The van der Waals surface area contributed by atoms with Gasteiger partial charge in [-0.25, -0.2) is 0 Å². The van der Waals surface area contributed by atoms with Crippen LogP contribution < -0.4 is 10.2 Å². The summed E-state index contributed by atoms with van der Waals surface area (Å²) in [6, 6.07) is 13.0. The van der Waals surface area contributed by atoms with Gasteiger partial charge < -0.3 is 10.2 Å². The molecule has 114 valence electrons. The third-order valence-electron chi connectivity index (χ3n) is 3.52. The zero-order valence-electron chi connectivity index (χ0n) is 12.4. The summed E-state index contributed by atoms with van der Waals surface area (Å²) in [7, 11) is 1.99. The van der Waals surface area contributed by atoms with Crippen LogP contribution in [-0.2, 0) is 11.3 Å². The first-order chi connectivity index (χ1) is 10.5. The zero-order chi connectivity index (χ0) is 16.1. The maximum Gasteiger partial charge on any atom is 0.282 e. The van der Waals surface area contributed by atoms with Crippen LogP contribution in [0.15, 0.2) is 40.2 Å². The second kappa shape index (κ2) is 7.54. The Morgan fingerprint density at radius 2 is 2.14 bits per heavy atom. The van der Waals surface area contributed by atoms with Gasteiger partial charge in [0.05, 0.1) is 27.0 Å². The van der Waals surface area contributed by atoms with Gasteiger partial charge >= 0.3 is 0 Å². The van der Waals surface area contributed by atoms with Crippen molar-refractivity contribution in [1.29, 1.82) is 5.26 Å². The summed E-state index contributed by atoms with van der Waals surface area (Å²) in [5, 5.41) is 11.9. The van der Waals surface area contributed by atoms with Crippen LogP contribution >= 0.6 is 27.3 Å². The number of carbonyl (C=O) groups is 1. The predicted octanol–water partition coefficient (Wildman–Crippen LogP) is 2.42. The molecule has 1 aromatic heterocycles. The van der Waals surface area contributed by atoms with Gasteiger partial charge in [0, 0.05) is 0 Å². The molecule has 1 amide bonds. The molecule has 0 aliphatic carbocycles. The lowest BCUT2D eigenvalue weighted by Crippen LogP contribution is -3.12. The van der Waals surface area contributed by atoms with Crippen LogP contribution in [0, 0.1) is 11.3 Å². The second-order valence-electron chi connectivity index (χ2n) is 5.10. The fourth-order valence-corrected chi connectivity index (χ4v) is 3.61. The van der Waals surface area contributed by atoms with E-state index in [9.17, 15) is 4.79 Å². The van der Waals surface area contributed by atoms with Crippen LogP contribution in [-0.4, -0.2) is 19.0 Å². The maximum atomic E-state index is 12.4. The van der Waals surface area contributed by atoms with Crippen LogP contribution in [0.25, 0.3) is 0 Å². The molecule has 2 atom stereocenters. The predicted molar refractivity (Wildman–Crippen MR) is 91.9 cm³/mol. The number of nitriles is 1. The highest BCUT2D eigenvalue weighted by Crippen LogP contribution is 2.21. The molecule has 0 bridgehead atoms. The van der Waals surface area contributed by atoms with Gasteiger partial charge in [-0.2, -0.15) is 5.26 Å². The van der Waals surface area contributed by atoms with Crippen molar-refractivity contribution in [3.05, 3.63) is 50.6 Å². The van der Waals surface area contributed by atoms with Gasteiger partial charge in [-0.3, -0.25) is 4.79 Å². The summed E-state index contributed by atoms with van der Waals surface area (Å²) in [6.07, 6.45) is 0. The molecule has 1 heterocycles. The van der Waals surface area contributed by atoms with E-state index in [1.807, 2.05) is 20.0 Å². The van der Waals surface area contributed by atoms with Gasteiger partial charge in [-0.1, -0.05) is 12.1 Å². The molecule has 0 saturated heterocycles. The number of para-hydroxylation sites is 1. The molecular formula is C16H17BrN3OS+. The number of nitrogens with zero attached hydrogens (tertiary/aromatic N) is 1. The van der Waals surface area contributed by atoms with Gasteiger partial charge in [0.1, 0.15) is 12.6 Å². The van der Waals surface area contributed by atoms with E-state index in [1.54, 1.807) is 35.6 Å². The Morgan fingerprint density at radius 3 is 2.77 bits per heavy atom. The number of anilines is 1. The maximum absolute atomic E-state index is 12.4. The minimum Gasteiger partial charge on any atom is -0.323 e. The summed E-state index contributed by atoms with van der Waals surface area (Å²) < 4.78 is 1.09. The Morgan fingerprint density at radius 1 is 1.41 bits per heavy atom. The first-order valence-corrected chi connectivity index (χ1v) is 8.48. The van der Waals surface area contributed by atoms with Crippen LogP contribution in [0.3, 0.4) is 0 Å². The van der Waals surface area contributed by atoms with E-state index >= 15 is 0 Å². The molecule has 2 rings (SSSR count). The lowest BCUT2D eigenvalue weighted by Gasteiger charge is -2.20. The molecule has 0 fully saturated rings. The molecule has 0 spiro atoms. The highest BCUT2D eigenvalue weighted by molar-refractivity contribution is 9.11. The van der Waals surface area contributed by atoms with Crippen molar-refractivity contribution in [3.63, 3.8) is 0 Å². The molecular weight excluding hydrogens is 362 g/mol. The van der Waals surface area contributed by atoms with E-state index in [4.69, 9.17) is 5.26 Å². The van der Waals surface area contributed by atoms with Crippen molar-refractivity contribution in [1.82, 2.24) is 0 Å². The molecule has 1 unspecified atom stereocenters. The van der Waals surface area contributed by atoms with Crippen molar-refractivity contribution < 1.29 is 9.69 Å². The summed E-state index contributed by atoms with van der Waals surface area (Å²) >= 11 is 5.12. The molecule has 22 heavy (non-hydrogen) atoms. The molecule has 4 nitrogen and oxygen atoms in total. The fourth-order valence-electron chi connectivity index (χ4n) is 2.03. The SMILES string of the molecule is C[C@H](C(=O)Nc1ccccc1C#N)[NH+](C)Cc1ccc(Br)s1. The smallest absolute Gasteiger partial charge is 0.282 e. The summed E-state index contributed by atoms with van der Waals surface area (Å²) in [5.74, 6) is -0.0872. The van der Waals surface area contributed by atoms with Crippen LogP contribution in [0.2, 0.25) is 0 Å². The Balaban J connectivity index is 2.01. The molecule has 0 aliphatic rings. The average Bonchev–Trinajstić information content (AvgIpc) is 2.92. The van der Waals surface area contributed by atoms with E-state index in [2.05, 4.69) is 33.4 Å². The lowest BCUT2D eigenvalue weighted by molar-refractivity contribution is -0.907. The van der Waals surface area contributed by atoms with E-state index in [1.165, 1.54) is 4.88 Å². The number of quaternary nitrogens is 1. The van der Waals surface area contributed by atoms with E-state index in [0.29, 0.717) is 11.3 Å². The summed E-state index contributed by atoms with van der Waals surface area (Å²) in [6.45, 7) is 2.67. The first kappa shape index (κ1) is 16.7. The minimum absolute atomic E-state index is 0.0872. The fraction of sp³-hybridized carbons (Fsp3) is 0.250. The van der Waals surface area contributed by atoms with Gasteiger partial charge in [0.2, 0.25) is 0 Å². The highest BCUT2D eigenvalue weighted by Gasteiger charge is 2.23. The minimum atomic E-state index is -0.215. The van der Waals surface area contributed by atoms with Crippen LogP contribution in [0.5, 0.6) is 0 Å². The lowest BCUT2D eigenvalue weighted by atomic mass is 10.2. The van der Waals surface area contributed by atoms with Gasteiger partial charge in [-0.15, -0.1) is 11.3 Å². The van der Waals surface area contributed by atoms with Gasteiger partial charge in [0.25, 0.3) is 5.91 Å². The zero-order valence-corrected chi connectivity index (χ0v) is 14.8. The first-order valence-electron chi connectivity index (χ1n) is 6.87. The van der Waals surface area contributed by atoms with Crippen molar-refractivity contribution in [2.75, 3.05) is 12.4 Å². The Bertz CT molecular complexity index is 707. The second-order valence-corrected chi connectivity index (χ2v) is 7.64. The van der Waals surface area contributed by atoms with Crippen LogP contribution in [0.1, 0.15) is 17.4 Å². The molecule has 2 N–H and O–H groups in total. The molecule has 0 aliphatic heterocycles. The topological polar surface area (TPSA) is 57.3 Å². The number of carbonyl (C=O) groups excluding carboxylic acids is 1. The number of amides is 1. The summed E-state index contributed by atoms with van der Waals surface area (Å²) in [4.78, 5) is 14.7. The molecule has 0 radical (unpaired) electrons. The normalized spacial score (nSPS) is 13.2. The van der Waals surface area contributed by atoms with Crippen molar-refractivity contribution in [2.45, 2.75) is 19.5 Å². The van der Waals surface area contributed by atoms with E-state index in [0.717, 1.165) is 15.2 Å². The summed E-state index contributed by atoms with van der Waals surface area (Å²) in [5.41, 5.74) is 1.04. The van der Waals surface area contributed by atoms with E-state index < -0.39 is 0 Å². The number of halogens is 1.